The van der Waals surface area contributed by atoms with Crippen LogP contribution < -0.4 is 0 Å². The van der Waals surface area contributed by atoms with E-state index >= 15 is 0 Å². The van der Waals surface area contributed by atoms with Gasteiger partial charge in [0.25, 0.3) is 0 Å². The predicted octanol–water partition coefficient (Wildman–Crippen LogP) is 6.84. The molecule has 2 saturated carbocycles. The van der Waals surface area contributed by atoms with Crippen molar-refractivity contribution in [3.8, 4) is 0 Å². The lowest BCUT2D eigenvalue weighted by Crippen LogP contribution is -2.37. The molecule has 0 nitrogen and oxygen atoms in total. The van der Waals surface area contributed by atoms with Crippen molar-refractivity contribution in [2.45, 2.75) is 98.3 Å². The molecule has 118 valence electrons. The molecule has 0 heteroatoms. The minimum Gasteiger partial charge on any atom is -0.0622 e. The van der Waals surface area contributed by atoms with Gasteiger partial charge in [0.1, 0.15) is 0 Å². The van der Waals surface area contributed by atoms with Gasteiger partial charge in [-0.15, -0.1) is 0 Å². The second-order valence-corrected chi connectivity index (χ2v) is 8.57. The van der Waals surface area contributed by atoms with Gasteiger partial charge >= 0.3 is 0 Å². The molecule has 0 amide bonds. The Hall–Kier alpha value is 0. The van der Waals surface area contributed by atoms with Crippen LogP contribution in [0, 0.1) is 29.1 Å². The molecule has 2 unspecified atom stereocenters. The maximum atomic E-state index is 2.63. The molecule has 2 fully saturated rings. The van der Waals surface area contributed by atoms with Crippen molar-refractivity contribution in [2.24, 2.45) is 29.1 Å². The van der Waals surface area contributed by atoms with Gasteiger partial charge in [0, 0.05) is 0 Å². The fourth-order valence-corrected chi connectivity index (χ4v) is 5.20. The maximum absolute atomic E-state index is 2.63. The molecule has 20 heavy (non-hydrogen) atoms. The van der Waals surface area contributed by atoms with E-state index in [0.29, 0.717) is 5.41 Å². The summed E-state index contributed by atoms with van der Waals surface area (Å²) in [5.41, 5.74) is 0.595. The van der Waals surface area contributed by atoms with Gasteiger partial charge in [-0.05, 0) is 48.3 Å². The Kier molecular flexibility index (Phi) is 5.99. The summed E-state index contributed by atoms with van der Waals surface area (Å²) >= 11 is 0. The zero-order valence-corrected chi connectivity index (χ0v) is 14.6. The van der Waals surface area contributed by atoms with Crippen LogP contribution in [0.15, 0.2) is 0 Å². The van der Waals surface area contributed by atoms with Crippen molar-refractivity contribution in [1.29, 1.82) is 0 Å². The summed E-state index contributed by atoms with van der Waals surface area (Å²) in [5, 5.41) is 0. The maximum Gasteiger partial charge on any atom is -0.0272 e. The van der Waals surface area contributed by atoms with Crippen LogP contribution in [0.5, 0.6) is 0 Å². The van der Waals surface area contributed by atoms with Gasteiger partial charge in [-0.2, -0.15) is 0 Å². The Morgan fingerprint density at radius 2 is 1.30 bits per heavy atom. The summed E-state index contributed by atoms with van der Waals surface area (Å²) in [5.74, 6) is 3.83. The normalized spacial score (nSPS) is 27.4. The monoisotopic (exact) mass is 278 g/mol. The van der Waals surface area contributed by atoms with Gasteiger partial charge in [-0.1, -0.05) is 79.1 Å². The Balaban J connectivity index is 1.99. The van der Waals surface area contributed by atoms with Crippen molar-refractivity contribution < 1.29 is 0 Å². The first-order valence-electron chi connectivity index (χ1n) is 9.54. The molecule has 0 aliphatic heterocycles. The molecule has 0 radical (unpaired) electrons. The van der Waals surface area contributed by atoms with E-state index < -0.39 is 0 Å². The summed E-state index contributed by atoms with van der Waals surface area (Å²) in [4.78, 5) is 0. The molecule has 0 aromatic heterocycles. The Bertz CT molecular complexity index is 268. The fraction of sp³-hybridized carbons (Fsp3) is 1.00. The highest BCUT2D eigenvalue weighted by Gasteiger charge is 2.39. The number of rotatable bonds is 5. The highest BCUT2D eigenvalue weighted by molar-refractivity contribution is 4.89. The minimum atomic E-state index is 0.595. The fourth-order valence-electron chi connectivity index (χ4n) is 5.20. The zero-order valence-electron chi connectivity index (χ0n) is 14.6. The summed E-state index contributed by atoms with van der Waals surface area (Å²) < 4.78 is 0. The summed E-state index contributed by atoms with van der Waals surface area (Å²) in [6.07, 6.45) is 16.5. The number of hydrogen-bond donors (Lipinski definition) is 0. The van der Waals surface area contributed by atoms with Crippen molar-refractivity contribution >= 4 is 0 Å². The van der Waals surface area contributed by atoms with Crippen molar-refractivity contribution in [3.63, 3.8) is 0 Å². The molecule has 2 rings (SSSR count). The third-order valence-corrected chi connectivity index (χ3v) is 7.07. The van der Waals surface area contributed by atoms with Gasteiger partial charge in [-0.3, -0.25) is 0 Å². The van der Waals surface area contributed by atoms with E-state index in [1.807, 2.05) is 0 Å². The van der Waals surface area contributed by atoms with Crippen molar-refractivity contribution in [1.82, 2.24) is 0 Å². The largest absolute Gasteiger partial charge is 0.0622 e. The zero-order chi connectivity index (χ0) is 14.6. The van der Waals surface area contributed by atoms with E-state index in [9.17, 15) is 0 Å². The van der Waals surface area contributed by atoms with Crippen LogP contribution in [0.1, 0.15) is 98.3 Å². The highest BCUT2D eigenvalue weighted by Crippen LogP contribution is 2.49. The molecule has 0 saturated heterocycles. The lowest BCUT2D eigenvalue weighted by atomic mass is 9.59. The second kappa shape index (κ2) is 7.32. The van der Waals surface area contributed by atoms with E-state index in [1.165, 1.54) is 70.6 Å². The standard InChI is InChI=1S/C20H38/c1-16(2)20(4,19-13-9-6-10-14-19)15-17(3)18-11-7-5-8-12-18/h16-19H,5-15H2,1-4H3. The highest BCUT2D eigenvalue weighted by atomic mass is 14.4. The van der Waals surface area contributed by atoms with Crippen LogP contribution in [0.3, 0.4) is 0 Å². The first kappa shape index (κ1) is 16.4. The molecule has 0 aromatic carbocycles. The second-order valence-electron chi connectivity index (χ2n) is 8.57. The van der Waals surface area contributed by atoms with Gasteiger partial charge in [0.15, 0.2) is 0 Å². The van der Waals surface area contributed by atoms with Gasteiger partial charge in [0.2, 0.25) is 0 Å². The van der Waals surface area contributed by atoms with E-state index in [1.54, 1.807) is 0 Å². The lowest BCUT2D eigenvalue weighted by Gasteiger charge is -2.46. The average Bonchev–Trinajstić information content (AvgIpc) is 2.48. The van der Waals surface area contributed by atoms with E-state index in [0.717, 1.165) is 23.7 Å². The third kappa shape index (κ3) is 3.80. The lowest BCUT2D eigenvalue weighted by molar-refractivity contribution is 0.0381. The predicted molar refractivity (Wildman–Crippen MR) is 89.9 cm³/mol. The van der Waals surface area contributed by atoms with Gasteiger partial charge < -0.3 is 0 Å². The quantitative estimate of drug-likeness (QED) is 0.516. The van der Waals surface area contributed by atoms with E-state index in [4.69, 9.17) is 0 Å². The third-order valence-electron chi connectivity index (χ3n) is 7.07. The SMILES string of the molecule is CC(CC(C)(C(C)C)C1CCCCC1)C1CCCCC1. The van der Waals surface area contributed by atoms with Crippen LogP contribution in [-0.4, -0.2) is 0 Å². The van der Waals surface area contributed by atoms with Crippen LogP contribution in [-0.2, 0) is 0 Å². The topological polar surface area (TPSA) is 0 Å². The van der Waals surface area contributed by atoms with Crippen LogP contribution in [0.2, 0.25) is 0 Å². The van der Waals surface area contributed by atoms with Crippen molar-refractivity contribution in [3.05, 3.63) is 0 Å². The molecule has 0 N–H and O–H groups in total. The Morgan fingerprint density at radius 3 is 1.80 bits per heavy atom. The number of hydrogen-bond acceptors (Lipinski definition) is 0. The Morgan fingerprint density at radius 1 is 0.800 bits per heavy atom. The minimum absolute atomic E-state index is 0.595. The first-order valence-corrected chi connectivity index (χ1v) is 9.54. The van der Waals surface area contributed by atoms with Crippen LogP contribution >= 0.6 is 0 Å². The average molecular weight is 279 g/mol. The van der Waals surface area contributed by atoms with Gasteiger partial charge in [0.05, 0.1) is 0 Å². The molecule has 2 aliphatic carbocycles. The summed E-state index contributed by atoms with van der Waals surface area (Å²) in [7, 11) is 0. The van der Waals surface area contributed by atoms with E-state index in [2.05, 4.69) is 27.7 Å². The van der Waals surface area contributed by atoms with Crippen molar-refractivity contribution in [2.75, 3.05) is 0 Å². The smallest absolute Gasteiger partial charge is 0.0272 e. The molecular weight excluding hydrogens is 240 g/mol. The van der Waals surface area contributed by atoms with Gasteiger partial charge in [-0.25, -0.2) is 0 Å². The molecule has 0 spiro atoms. The molecule has 2 aliphatic rings. The van der Waals surface area contributed by atoms with Crippen LogP contribution in [0.4, 0.5) is 0 Å². The summed E-state index contributed by atoms with van der Waals surface area (Å²) in [6.45, 7) is 10.2. The first-order chi connectivity index (χ1) is 9.54. The summed E-state index contributed by atoms with van der Waals surface area (Å²) in [6, 6.07) is 0. The molecular formula is C20H38. The van der Waals surface area contributed by atoms with Crippen LogP contribution in [0.25, 0.3) is 0 Å². The molecule has 0 heterocycles. The molecule has 0 bridgehead atoms. The molecule has 2 atom stereocenters. The Labute approximate surface area is 128 Å². The molecule has 0 aromatic rings. The van der Waals surface area contributed by atoms with E-state index in [-0.39, 0.29) is 0 Å².